The highest BCUT2D eigenvalue weighted by Gasteiger charge is 2.17. The highest BCUT2D eigenvalue weighted by molar-refractivity contribution is 9.10. The van der Waals surface area contributed by atoms with Crippen LogP contribution in [0.1, 0.15) is 19.3 Å². The van der Waals surface area contributed by atoms with Crippen molar-refractivity contribution in [3.8, 4) is 0 Å². The fraction of sp³-hybridized carbons (Fsp3) is 0.455. The minimum Gasteiger partial charge on any atom is -0.368 e. The molecule has 0 unspecified atom stereocenters. The minimum absolute atomic E-state index is 0.521. The molecule has 2 aromatic heterocycles. The summed E-state index contributed by atoms with van der Waals surface area (Å²) in [6.45, 7) is 2.04. The number of imidazole rings is 1. The molecular formula is C11H14BrN5. The van der Waals surface area contributed by atoms with Crippen LogP contribution >= 0.6 is 15.9 Å². The summed E-state index contributed by atoms with van der Waals surface area (Å²) in [6, 6.07) is 1.94. The Hall–Kier alpha value is -1.30. The summed E-state index contributed by atoms with van der Waals surface area (Å²) in [7, 11) is 0. The van der Waals surface area contributed by atoms with Crippen molar-refractivity contribution in [1.29, 1.82) is 0 Å². The molecule has 1 aliphatic heterocycles. The summed E-state index contributed by atoms with van der Waals surface area (Å²) >= 11 is 3.40. The van der Waals surface area contributed by atoms with Gasteiger partial charge in [-0.2, -0.15) is 0 Å². The lowest BCUT2D eigenvalue weighted by molar-refractivity contribution is 0.488. The summed E-state index contributed by atoms with van der Waals surface area (Å²) in [5, 5.41) is 2.23. The van der Waals surface area contributed by atoms with E-state index in [4.69, 9.17) is 5.73 Å². The molecular weight excluding hydrogens is 282 g/mol. The summed E-state index contributed by atoms with van der Waals surface area (Å²) in [6.07, 6.45) is 5.48. The molecule has 0 aliphatic carbocycles. The molecule has 2 aromatic rings. The zero-order valence-corrected chi connectivity index (χ0v) is 11.0. The number of nitrogen functional groups attached to an aromatic ring is 1. The highest BCUT2D eigenvalue weighted by atomic mass is 79.9. The molecule has 17 heavy (non-hydrogen) atoms. The molecule has 2 N–H and O–H groups in total. The molecule has 0 bridgehead atoms. The quantitative estimate of drug-likeness (QED) is 0.873. The van der Waals surface area contributed by atoms with Gasteiger partial charge < -0.3 is 10.7 Å². The standard InChI is InChI=1S/C11H14BrN5/c12-8-6-9-10(14-7-8)17(11(13)15-9)16-4-2-1-3-5-16/h6-7H,1-5H2,(H2,13,15). The van der Waals surface area contributed by atoms with Crippen LogP contribution in [-0.4, -0.2) is 27.7 Å². The van der Waals surface area contributed by atoms with Crippen LogP contribution in [0, 0.1) is 0 Å². The third-order valence-electron chi connectivity index (χ3n) is 3.08. The topological polar surface area (TPSA) is 60.0 Å². The van der Waals surface area contributed by atoms with E-state index in [1.807, 2.05) is 10.7 Å². The lowest BCUT2D eigenvalue weighted by Gasteiger charge is -2.29. The average Bonchev–Trinajstić information content (AvgIpc) is 2.65. The van der Waals surface area contributed by atoms with Crippen LogP contribution in [0.25, 0.3) is 11.2 Å². The van der Waals surface area contributed by atoms with Crippen LogP contribution in [0.3, 0.4) is 0 Å². The van der Waals surface area contributed by atoms with E-state index < -0.39 is 0 Å². The van der Waals surface area contributed by atoms with Crippen molar-refractivity contribution in [1.82, 2.24) is 14.6 Å². The van der Waals surface area contributed by atoms with Crippen molar-refractivity contribution in [2.24, 2.45) is 0 Å². The van der Waals surface area contributed by atoms with Gasteiger partial charge in [0, 0.05) is 23.8 Å². The fourth-order valence-corrected chi connectivity index (χ4v) is 2.62. The molecule has 0 saturated carbocycles. The van der Waals surface area contributed by atoms with Crippen LogP contribution in [0.4, 0.5) is 5.95 Å². The van der Waals surface area contributed by atoms with Gasteiger partial charge in [-0.15, -0.1) is 0 Å². The van der Waals surface area contributed by atoms with Gasteiger partial charge in [0.05, 0.1) is 0 Å². The summed E-state index contributed by atoms with van der Waals surface area (Å²) < 4.78 is 2.87. The Labute approximate surface area is 108 Å². The number of piperidine rings is 1. The number of rotatable bonds is 1. The smallest absolute Gasteiger partial charge is 0.222 e. The zero-order valence-electron chi connectivity index (χ0n) is 9.43. The second kappa shape index (κ2) is 4.18. The Morgan fingerprint density at radius 3 is 2.76 bits per heavy atom. The predicted molar refractivity (Wildman–Crippen MR) is 71.4 cm³/mol. The van der Waals surface area contributed by atoms with Gasteiger partial charge in [0.25, 0.3) is 0 Å². The number of halogens is 1. The molecule has 0 amide bonds. The normalized spacial score (nSPS) is 16.6. The van der Waals surface area contributed by atoms with E-state index >= 15 is 0 Å². The maximum Gasteiger partial charge on any atom is 0.222 e. The van der Waals surface area contributed by atoms with E-state index in [0.717, 1.165) is 28.7 Å². The third kappa shape index (κ3) is 1.86. The molecule has 5 nitrogen and oxygen atoms in total. The number of aromatic nitrogens is 3. The molecule has 1 aliphatic rings. The van der Waals surface area contributed by atoms with E-state index in [1.54, 1.807) is 6.20 Å². The second-order valence-corrected chi connectivity index (χ2v) is 5.21. The molecule has 1 saturated heterocycles. The maximum atomic E-state index is 5.99. The van der Waals surface area contributed by atoms with Crippen molar-refractivity contribution < 1.29 is 0 Å². The van der Waals surface area contributed by atoms with Crippen LogP contribution in [0.5, 0.6) is 0 Å². The van der Waals surface area contributed by atoms with Crippen LogP contribution in [0.2, 0.25) is 0 Å². The number of anilines is 1. The first-order valence-corrected chi connectivity index (χ1v) is 6.60. The van der Waals surface area contributed by atoms with E-state index in [0.29, 0.717) is 5.95 Å². The Morgan fingerprint density at radius 2 is 2.00 bits per heavy atom. The molecule has 3 heterocycles. The number of nitrogens with two attached hydrogens (primary N) is 1. The van der Waals surface area contributed by atoms with Gasteiger partial charge in [-0.25, -0.2) is 14.6 Å². The Balaban J connectivity index is 2.11. The molecule has 90 valence electrons. The molecule has 6 heteroatoms. The minimum atomic E-state index is 0.521. The summed E-state index contributed by atoms with van der Waals surface area (Å²) in [5.74, 6) is 0.521. The van der Waals surface area contributed by atoms with Crippen molar-refractivity contribution in [3.63, 3.8) is 0 Å². The van der Waals surface area contributed by atoms with Gasteiger partial charge in [0.1, 0.15) is 5.52 Å². The van der Waals surface area contributed by atoms with Crippen molar-refractivity contribution in [2.45, 2.75) is 19.3 Å². The van der Waals surface area contributed by atoms with Gasteiger partial charge in [0.2, 0.25) is 5.95 Å². The van der Waals surface area contributed by atoms with Crippen molar-refractivity contribution >= 4 is 33.0 Å². The van der Waals surface area contributed by atoms with Crippen LogP contribution in [0.15, 0.2) is 16.7 Å². The molecule has 3 rings (SSSR count). The molecule has 1 fully saturated rings. The first-order valence-electron chi connectivity index (χ1n) is 5.80. The number of pyridine rings is 1. The van der Waals surface area contributed by atoms with Crippen molar-refractivity contribution in [3.05, 3.63) is 16.7 Å². The molecule has 0 atom stereocenters. The molecule has 0 radical (unpaired) electrons. The maximum absolute atomic E-state index is 5.99. The Kier molecular flexibility index (Phi) is 2.66. The Morgan fingerprint density at radius 1 is 1.24 bits per heavy atom. The lowest BCUT2D eigenvalue weighted by Crippen LogP contribution is -2.39. The molecule has 0 aromatic carbocycles. The monoisotopic (exact) mass is 295 g/mol. The van der Waals surface area contributed by atoms with Crippen LogP contribution < -0.4 is 10.7 Å². The van der Waals surface area contributed by atoms with E-state index in [9.17, 15) is 0 Å². The number of hydrogen-bond donors (Lipinski definition) is 1. The van der Waals surface area contributed by atoms with E-state index in [2.05, 4.69) is 30.9 Å². The van der Waals surface area contributed by atoms with Gasteiger partial charge in [-0.1, -0.05) is 0 Å². The van der Waals surface area contributed by atoms with E-state index in [1.165, 1.54) is 19.3 Å². The van der Waals surface area contributed by atoms with Gasteiger partial charge in [-0.3, -0.25) is 0 Å². The average molecular weight is 296 g/mol. The largest absolute Gasteiger partial charge is 0.368 e. The summed E-state index contributed by atoms with van der Waals surface area (Å²) in [4.78, 5) is 8.76. The lowest BCUT2D eigenvalue weighted by atomic mass is 10.2. The number of nitrogens with zero attached hydrogens (tertiary/aromatic N) is 4. The van der Waals surface area contributed by atoms with Crippen molar-refractivity contribution in [2.75, 3.05) is 23.8 Å². The second-order valence-electron chi connectivity index (χ2n) is 4.29. The number of fused-ring (bicyclic) bond motifs is 1. The fourth-order valence-electron chi connectivity index (χ4n) is 2.30. The first kappa shape index (κ1) is 10.8. The summed E-state index contributed by atoms with van der Waals surface area (Å²) in [5.41, 5.74) is 7.67. The number of hydrogen-bond acceptors (Lipinski definition) is 4. The van der Waals surface area contributed by atoms with E-state index in [-0.39, 0.29) is 0 Å². The SMILES string of the molecule is Nc1nc2cc(Br)cnc2n1N1CCCCC1. The Bertz CT molecular complexity index is 544. The zero-order chi connectivity index (χ0) is 11.8. The van der Waals surface area contributed by atoms with Crippen LogP contribution in [-0.2, 0) is 0 Å². The molecule has 0 spiro atoms. The third-order valence-corrected chi connectivity index (χ3v) is 3.52. The highest BCUT2D eigenvalue weighted by Crippen LogP contribution is 2.21. The van der Waals surface area contributed by atoms with Gasteiger partial charge in [-0.05, 0) is 41.3 Å². The first-order chi connectivity index (χ1) is 8.25. The van der Waals surface area contributed by atoms with Gasteiger partial charge >= 0.3 is 0 Å². The van der Waals surface area contributed by atoms with Gasteiger partial charge in [0.15, 0.2) is 5.65 Å². The predicted octanol–water partition coefficient (Wildman–Crippen LogP) is 1.90.